The molecule has 8 heteroatoms. The summed E-state index contributed by atoms with van der Waals surface area (Å²) < 4.78 is 0.532. The number of nitriles is 2. The van der Waals surface area contributed by atoms with Crippen LogP contribution in [-0.2, 0) is 0 Å². The number of benzene rings is 1. The molecule has 1 rings (SSSR count). The van der Waals surface area contributed by atoms with Crippen molar-refractivity contribution in [1.29, 1.82) is 10.5 Å². The molecule has 1 aromatic carbocycles. The molecule has 1 aromatic rings. The van der Waals surface area contributed by atoms with Crippen molar-refractivity contribution >= 4 is 44.8 Å². The fourth-order valence-electron chi connectivity index (χ4n) is 1.06. The van der Waals surface area contributed by atoms with E-state index in [4.69, 9.17) is 33.7 Å². The molecular formula is C11H7BrCl2N4O. The maximum absolute atomic E-state index is 9.18. The first-order valence-corrected chi connectivity index (χ1v) is 6.39. The number of anilines is 1. The maximum Gasteiger partial charge on any atom is 0.177 e. The van der Waals surface area contributed by atoms with Gasteiger partial charge in [-0.2, -0.15) is 10.5 Å². The Morgan fingerprint density at radius 3 is 2.68 bits per heavy atom. The molecule has 1 atom stereocenters. The van der Waals surface area contributed by atoms with Crippen LogP contribution in [0.5, 0.6) is 0 Å². The molecule has 19 heavy (non-hydrogen) atoms. The second-order valence-electron chi connectivity index (χ2n) is 3.24. The Labute approximate surface area is 128 Å². The number of hydrazine groups is 1. The van der Waals surface area contributed by atoms with Gasteiger partial charge in [-0.25, -0.2) is 0 Å². The Morgan fingerprint density at radius 2 is 2.11 bits per heavy atom. The highest BCUT2D eigenvalue weighted by Crippen LogP contribution is 2.35. The molecule has 3 N–H and O–H groups in total. The number of hydrogen-bond donors (Lipinski definition) is 3. The summed E-state index contributed by atoms with van der Waals surface area (Å²) in [4.78, 5) is 0. The summed E-state index contributed by atoms with van der Waals surface area (Å²) in [6.45, 7) is 0. The summed E-state index contributed by atoms with van der Waals surface area (Å²) >= 11 is 15.1. The molecule has 0 spiro atoms. The molecule has 1 unspecified atom stereocenters. The van der Waals surface area contributed by atoms with Gasteiger partial charge >= 0.3 is 0 Å². The van der Waals surface area contributed by atoms with Crippen LogP contribution in [0, 0.1) is 22.7 Å². The molecule has 0 radical (unpaired) electrons. The fourth-order valence-corrected chi connectivity index (χ4v) is 1.82. The highest BCUT2D eigenvalue weighted by molar-refractivity contribution is 9.10. The Kier molecular flexibility index (Phi) is 5.94. The molecule has 0 fully saturated rings. The van der Waals surface area contributed by atoms with Crippen LogP contribution in [0.15, 0.2) is 28.4 Å². The van der Waals surface area contributed by atoms with Crippen LogP contribution in [0.25, 0.3) is 0 Å². The number of nitrogens with one attached hydrogen (secondary N) is 2. The van der Waals surface area contributed by atoms with Crippen LogP contribution in [0.1, 0.15) is 0 Å². The van der Waals surface area contributed by atoms with Crippen molar-refractivity contribution in [3.8, 4) is 12.1 Å². The normalized spacial score (nSPS) is 12.2. The zero-order valence-corrected chi connectivity index (χ0v) is 12.4. The zero-order valence-electron chi connectivity index (χ0n) is 9.28. The third-order valence-electron chi connectivity index (χ3n) is 2.02. The minimum absolute atomic E-state index is 0.126. The lowest BCUT2D eigenvalue weighted by Crippen LogP contribution is -2.18. The summed E-state index contributed by atoms with van der Waals surface area (Å²) in [5, 5.41) is 27.2. The Hall–Kier alpha value is -1.44. The Bertz CT molecular complexity index is 592. The Morgan fingerprint density at radius 1 is 1.42 bits per heavy atom. The molecule has 98 valence electrons. The minimum Gasteiger partial charge on any atom is -0.373 e. The van der Waals surface area contributed by atoms with Gasteiger partial charge in [-0.15, -0.1) is 0 Å². The standard InChI is InChI=1S/C11H7BrCl2N4O/c12-10-7(13)1-2-8(11(10)14)18-17-5-6(3-15)9(19)4-16/h1-2,5,9,17-19H. The van der Waals surface area contributed by atoms with E-state index in [-0.39, 0.29) is 5.57 Å². The van der Waals surface area contributed by atoms with Gasteiger partial charge in [-0.05, 0) is 28.1 Å². The number of hydrogen-bond acceptors (Lipinski definition) is 5. The molecule has 0 aromatic heterocycles. The first kappa shape index (κ1) is 15.6. The van der Waals surface area contributed by atoms with E-state index in [2.05, 4.69) is 26.8 Å². The fraction of sp³-hybridized carbons (Fsp3) is 0.0909. The third kappa shape index (κ3) is 4.02. The quantitative estimate of drug-likeness (QED) is 0.332. The van der Waals surface area contributed by atoms with Crippen molar-refractivity contribution in [2.75, 3.05) is 5.43 Å². The average Bonchev–Trinajstić information content (AvgIpc) is 2.42. The number of nitrogens with zero attached hydrogens (tertiary/aromatic N) is 2. The van der Waals surface area contributed by atoms with E-state index in [0.29, 0.717) is 20.2 Å². The van der Waals surface area contributed by atoms with E-state index in [9.17, 15) is 5.11 Å². The van der Waals surface area contributed by atoms with Crippen molar-refractivity contribution < 1.29 is 5.11 Å². The summed E-state index contributed by atoms with van der Waals surface area (Å²) in [6, 6.07) is 6.49. The second-order valence-corrected chi connectivity index (χ2v) is 4.81. The lowest BCUT2D eigenvalue weighted by Gasteiger charge is -2.10. The van der Waals surface area contributed by atoms with Crippen LogP contribution in [0.2, 0.25) is 10.0 Å². The molecule has 0 aliphatic heterocycles. The average molecular weight is 362 g/mol. The largest absolute Gasteiger partial charge is 0.373 e. The third-order valence-corrected chi connectivity index (χ3v) is 4.00. The maximum atomic E-state index is 9.18. The first-order chi connectivity index (χ1) is 9.01. The van der Waals surface area contributed by atoms with Crippen molar-refractivity contribution in [2.24, 2.45) is 0 Å². The van der Waals surface area contributed by atoms with Crippen LogP contribution in [-0.4, -0.2) is 11.2 Å². The number of rotatable bonds is 4. The minimum atomic E-state index is -1.48. The van der Waals surface area contributed by atoms with E-state index >= 15 is 0 Å². The van der Waals surface area contributed by atoms with E-state index < -0.39 is 6.10 Å². The monoisotopic (exact) mass is 360 g/mol. The number of aliphatic hydroxyl groups is 1. The highest BCUT2D eigenvalue weighted by atomic mass is 79.9. The van der Waals surface area contributed by atoms with Crippen LogP contribution >= 0.6 is 39.1 Å². The van der Waals surface area contributed by atoms with E-state index in [1.165, 1.54) is 12.3 Å². The molecule has 0 saturated heterocycles. The summed E-state index contributed by atoms with van der Waals surface area (Å²) in [6.07, 6.45) is -0.307. The van der Waals surface area contributed by atoms with Crippen molar-refractivity contribution in [3.05, 3.63) is 38.4 Å². The summed E-state index contributed by atoms with van der Waals surface area (Å²) in [5.74, 6) is 0. The molecule has 0 saturated carbocycles. The van der Waals surface area contributed by atoms with Crippen molar-refractivity contribution in [2.45, 2.75) is 6.10 Å². The van der Waals surface area contributed by atoms with E-state index in [0.717, 1.165) is 0 Å². The van der Waals surface area contributed by atoms with Gasteiger partial charge < -0.3 is 10.5 Å². The van der Waals surface area contributed by atoms with Gasteiger partial charge in [0.2, 0.25) is 0 Å². The van der Waals surface area contributed by atoms with Gasteiger partial charge in [0.1, 0.15) is 6.07 Å². The van der Waals surface area contributed by atoms with Crippen LogP contribution in [0.3, 0.4) is 0 Å². The lowest BCUT2D eigenvalue weighted by atomic mass is 10.2. The molecule has 0 amide bonds. The van der Waals surface area contributed by atoms with Gasteiger partial charge in [-0.3, -0.25) is 5.43 Å². The first-order valence-electron chi connectivity index (χ1n) is 4.84. The van der Waals surface area contributed by atoms with Gasteiger partial charge in [0.25, 0.3) is 0 Å². The van der Waals surface area contributed by atoms with Crippen LogP contribution < -0.4 is 10.9 Å². The van der Waals surface area contributed by atoms with Crippen molar-refractivity contribution in [1.82, 2.24) is 5.43 Å². The summed E-state index contributed by atoms with van der Waals surface area (Å²) in [5.41, 5.74) is 5.65. The number of halogens is 3. The van der Waals surface area contributed by atoms with Gasteiger partial charge in [0.05, 0.1) is 31.8 Å². The molecule has 0 bridgehead atoms. The number of aliphatic hydroxyl groups excluding tert-OH is 1. The topological polar surface area (TPSA) is 91.9 Å². The highest BCUT2D eigenvalue weighted by Gasteiger charge is 2.09. The molecule has 0 aliphatic rings. The predicted molar refractivity (Wildman–Crippen MR) is 76.2 cm³/mol. The van der Waals surface area contributed by atoms with Gasteiger partial charge in [-0.1, -0.05) is 23.2 Å². The molecule has 5 nitrogen and oxygen atoms in total. The summed E-state index contributed by atoms with van der Waals surface area (Å²) in [7, 11) is 0. The molecular weight excluding hydrogens is 355 g/mol. The van der Waals surface area contributed by atoms with Crippen molar-refractivity contribution in [3.63, 3.8) is 0 Å². The lowest BCUT2D eigenvalue weighted by molar-refractivity contribution is 0.270. The van der Waals surface area contributed by atoms with Crippen LogP contribution in [0.4, 0.5) is 5.69 Å². The zero-order chi connectivity index (χ0) is 14.4. The SMILES string of the molecule is N#CC(=CNNc1ccc(Cl)c(Br)c1Cl)C(O)C#N. The molecule has 0 heterocycles. The smallest absolute Gasteiger partial charge is 0.177 e. The Balaban J connectivity index is 2.79. The van der Waals surface area contributed by atoms with E-state index in [1.807, 2.05) is 0 Å². The van der Waals surface area contributed by atoms with E-state index in [1.54, 1.807) is 18.2 Å². The second kappa shape index (κ2) is 7.22. The predicted octanol–water partition coefficient (Wildman–Crippen LogP) is 2.96. The van der Waals surface area contributed by atoms with Gasteiger partial charge in [0, 0.05) is 6.20 Å². The van der Waals surface area contributed by atoms with Gasteiger partial charge in [0.15, 0.2) is 6.10 Å². The molecule has 0 aliphatic carbocycles.